The Bertz CT molecular complexity index is 653. The van der Waals surface area contributed by atoms with Crippen LogP contribution >= 0.6 is 0 Å². The van der Waals surface area contributed by atoms with E-state index in [1.54, 1.807) is 6.20 Å². The predicted molar refractivity (Wildman–Crippen MR) is 103 cm³/mol. The van der Waals surface area contributed by atoms with Crippen LogP contribution in [0.4, 0.5) is 5.82 Å². The second-order valence-corrected chi connectivity index (χ2v) is 6.67. The van der Waals surface area contributed by atoms with E-state index < -0.39 is 0 Å². The maximum absolute atomic E-state index is 12.1. The SMILES string of the molecule is CC(C)N(Cc1ccccc1)c1ccc(C(=O)NCCN(C)C)cn1. The van der Waals surface area contributed by atoms with Gasteiger partial charge in [-0.1, -0.05) is 30.3 Å². The van der Waals surface area contributed by atoms with Crippen molar-refractivity contribution in [3.8, 4) is 0 Å². The summed E-state index contributed by atoms with van der Waals surface area (Å²) in [6, 6.07) is 14.4. The van der Waals surface area contributed by atoms with Gasteiger partial charge in [0.1, 0.15) is 5.82 Å². The summed E-state index contributed by atoms with van der Waals surface area (Å²) in [5.41, 5.74) is 1.83. The van der Waals surface area contributed by atoms with Crippen LogP contribution in [0.5, 0.6) is 0 Å². The molecule has 0 bridgehead atoms. The van der Waals surface area contributed by atoms with Gasteiger partial charge in [-0.3, -0.25) is 4.79 Å². The second-order valence-electron chi connectivity index (χ2n) is 6.67. The molecule has 1 heterocycles. The molecule has 1 N–H and O–H groups in total. The minimum atomic E-state index is -0.0833. The number of amides is 1. The van der Waals surface area contributed by atoms with Crippen LogP contribution in [0.2, 0.25) is 0 Å². The lowest BCUT2D eigenvalue weighted by molar-refractivity contribution is 0.0950. The molecule has 0 aliphatic rings. The van der Waals surface area contributed by atoms with Gasteiger partial charge in [0, 0.05) is 31.9 Å². The van der Waals surface area contributed by atoms with Crippen molar-refractivity contribution in [1.82, 2.24) is 15.2 Å². The summed E-state index contributed by atoms with van der Waals surface area (Å²) in [7, 11) is 3.96. The molecule has 0 saturated carbocycles. The van der Waals surface area contributed by atoms with Gasteiger partial charge in [-0.15, -0.1) is 0 Å². The third-order valence-electron chi connectivity index (χ3n) is 3.97. The van der Waals surface area contributed by atoms with E-state index in [4.69, 9.17) is 0 Å². The van der Waals surface area contributed by atoms with Crippen molar-refractivity contribution in [2.75, 3.05) is 32.1 Å². The monoisotopic (exact) mass is 340 g/mol. The number of aromatic nitrogens is 1. The Morgan fingerprint density at radius 1 is 1.12 bits per heavy atom. The molecule has 0 aliphatic carbocycles. The zero-order valence-corrected chi connectivity index (χ0v) is 15.6. The minimum Gasteiger partial charge on any atom is -0.351 e. The standard InChI is InChI=1S/C20H28N4O/c1-16(2)24(15-17-8-6-5-7-9-17)19-11-10-18(14-22-19)20(25)21-12-13-23(3)4/h5-11,14,16H,12-13,15H2,1-4H3,(H,21,25). The number of carbonyl (C=O) groups is 1. The summed E-state index contributed by atoms with van der Waals surface area (Å²) in [5, 5.41) is 2.91. The molecular formula is C20H28N4O. The van der Waals surface area contributed by atoms with Crippen molar-refractivity contribution in [2.24, 2.45) is 0 Å². The van der Waals surface area contributed by atoms with Crippen molar-refractivity contribution in [3.63, 3.8) is 0 Å². The van der Waals surface area contributed by atoms with Crippen LogP contribution in [0.25, 0.3) is 0 Å². The number of rotatable bonds is 8. The molecule has 5 heteroatoms. The van der Waals surface area contributed by atoms with E-state index in [9.17, 15) is 4.79 Å². The quantitative estimate of drug-likeness (QED) is 0.803. The number of hydrogen-bond acceptors (Lipinski definition) is 4. The molecule has 0 spiro atoms. The van der Waals surface area contributed by atoms with Gasteiger partial charge in [0.2, 0.25) is 0 Å². The van der Waals surface area contributed by atoms with Crippen molar-refractivity contribution in [1.29, 1.82) is 0 Å². The Morgan fingerprint density at radius 3 is 2.40 bits per heavy atom. The molecule has 5 nitrogen and oxygen atoms in total. The van der Waals surface area contributed by atoms with E-state index in [1.807, 2.05) is 49.3 Å². The zero-order chi connectivity index (χ0) is 18.2. The smallest absolute Gasteiger partial charge is 0.252 e. The number of anilines is 1. The number of likely N-dealkylation sites (N-methyl/N-ethyl adjacent to an activating group) is 1. The highest BCUT2D eigenvalue weighted by atomic mass is 16.1. The van der Waals surface area contributed by atoms with E-state index in [0.29, 0.717) is 18.2 Å². The molecule has 2 rings (SSSR count). The van der Waals surface area contributed by atoms with Gasteiger partial charge >= 0.3 is 0 Å². The first-order valence-corrected chi connectivity index (χ1v) is 8.67. The first-order chi connectivity index (χ1) is 12.0. The van der Waals surface area contributed by atoms with Gasteiger partial charge < -0.3 is 15.1 Å². The number of nitrogens with zero attached hydrogens (tertiary/aromatic N) is 3. The van der Waals surface area contributed by atoms with Crippen LogP contribution in [-0.2, 0) is 6.54 Å². The Balaban J connectivity index is 2.04. The zero-order valence-electron chi connectivity index (χ0n) is 15.6. The first-order valence-electron chi connectivity index (χ1n) is 8.67. The lowest BCUT2D eigenvalue weighted by atomic mass is 10.2. The first kappa shape index (κ1) is 18.9. The molecule has 0 aliphatic heterocycles. The molecule has 25 heavy (non-hydrogen) atoms. The van der Waals surface area contributed by atoms with Gasteiger partial charge in [0.25, 0.3) is 5.91 Å². The van der Waals surface area contributed by atoms with E-state index in [-0.39, 0.29) is 5.91 Å². The van der Waals surface area contributed by atoms with Crippen LogP contribution in [-0.4, -0.2) is 49.0 Å². The van der Waals surface area contributed by atoms with E-state index in [0.717, 1.165) is 18.9 Å². The average molecular weight is 340 g/mol. The molecule has 1 aromatic carbocycles. The fourth-order valence-electron chi connectivity index (χ4n) is 2.49. The average Bonchev–Trinajstić information content (AvgIpc) is 2.60. The van der Waals surface area contributed by atoms with Crippen molar-refractivity contribution in [2.45, 2.75) is 26.4 Å². The van der Waals surface area contributed by atoms with Crippen LogP contribution in [0, 0.1) is 0 Å². The largest absolute Gasteiger partial charge is 0.351 e. The van der Waals surface area contributed by atoms with Crippen LogP contribution in [0.15, 0.2) is 48.7 Å². The van der Waals surface area contributed by atoms with Crippen LogP contribution in [0.3, 0.4) is 0 Å². The summed E-state index contributed by atoms with van der Waals surface area (Å²) < 4.78 is 0. The summed E-state index contributed by atoms with van der Waals surface area (Å²) in [4.78, 5) is 20.9. The molecule has 0 atom stereocenters. The van der Waals surface area contributed by atoms with E-state index >= 15 is 0 Å². The molecule has 1 amide bonds. The Labute approximate surface area is 150 Å². The molecule has 0 radical (unpaired) electrons. The Morgan fingerprint density at radius 2 is 1.84 bits per heavy atom. The maximum Gasteiger partial charge on any atom is 0.252 e. The third kappa shape index (κ3) is 5.87. The molecule has 2 aromatic rings. The minimum absolute atomic E-state index is 0.0833. The Hall–Kier alpha value is -2.40. The highest BCUT2D eigenvalue weighted by Crippen LogP contribution is 2.18. The number of hydrogen-bond donors (Lipinski definition) is 1. The van der Waals surface area contributed by atoms with Gasteiger partial charge in [0.05, 0.1) is 5.56 Å². The van der Waals surface area contributed by atoms with Crippen molar-refractivity contribution in [3.05, 3.63) is 59.8 Å². The second kappa shape index (κ2) is 9.18. The maximum atomic E-state index is 12.1. The molecular weight excluding hydrogens is 312 g/mol. The lowest BCUT2D eigenvalue weighted by Gasteiger charge is -2.28. The summed E-state index contributed by atoms with van der Waals surface area (Å²) in [6.07, 6.45) is 1.65. The van der Waals surface area contributed by atoms with Crippen molar-refractivity contribution < 1.29 is 4.79 Å². The third-order valence-corrected chi connectivity index (χ3v) is 3.97. The lowest BCUT2D eigenvalue weighted by Crippen LogP contribution is -2.32. The summed E-state index contributed by atoms with van der Waals surface area (Å²) in [5.74, 6) is 0.795. The van der Waals surface area contributed by atoms with Gasteiger partial charge in [-0.05, 0) is 45.6 Å². The molecule has 134 valence electrons. The number of benzene rings is 1. The number of pyridine rings is 1. The van der Waals surface area contributed by atoms with Gasteiger partial charge in [0.15, 0.2) is 0 Å². The van der Waals surface area contributed by atoms with E-state index in [1.165, 1.54) is 5.56 Å². The molecule has 1 aromatic heterocycles. The van der Waals surface area contributed by atoms with Gasteiger partial charge in [-0.25, -0.2) is 4.98 Å². The fourth-order valence-corrected chi connectivity index (χ4v) is 2.49. The van der Waals surface area contributed by atoms with E-state index in [2.05, 4.69) is 41.2 Å². The topological polar surface area (TPSA) is 48.5 Å². The van der Waals surface area contributed by atoms with Gasteiger partial charge in [-0.2, -0.15) is 0 Å². The Kier molecular flexibility index (Phi) is 6.95. The number of carbonyl (C=O) groups excluding carboxylic acids is 1. The predicted octanol–water partition coefficient (Wildman–Crippen LogP) is 2.79. The molecule has 0 saturated heterocycles. The normalized spacial score (nSPS) is 11.0. The molecule has 0 unspecified atom stereocenters. The summed E-state index contributed by atoms with van der Waals surface area (Å²) in [6.45, 7) is 6.52. The summed E-state index contributed by atoms with van der Waals surface area (Å²) >= 11 is 0. The van der Waals surface area contributed by atoms with Crippen LogP contribution < -0.4 is 10.2 Å². The highest BCUT2D eigenvalue weighted by molar-refractivity contribution is 5.94. The number of nitrogens with one attached hydrogen (secondary N) is 1. The van der Waals surface area contributed by atoms with Crippen molar-refractivity contribution >= 4 is 11.7 Å². The molecule has 0 fully saturated rings. The fraction of sp³-hybridized carbons (Fsp3) is 0.400. The highest BCUT2D eigenvalue weighted by Gasteiger charge is 2.14. The van der Waals surface area contributed by atoms with Crippen LogP contribution in [0.1, 0.15) is 29.8 Å².